The third-order valence-corrected chi connectivity index (χ3v) is 4.69. The van der Waals surface area contributed by atoms with E-state index in [4.69, 9.17) is 4.74 Å². The Morgan fingerprint density at radius 1 is 1.25 bits per heavy atom. The van der Waals surface area contributed by atoms with Gasteiger partial charge in [0.25, 0.3) is 5.91 Å². The normalized spacial score (nSPS) is 16.4. The number of hydrogen-bond acceptors (Lipinski definition) is 4. The Morgan fingerprint density at radius 3 is 2.75 bits per heavy atom. The van der Waals surface area contributed by atoms with Crippen LogP contribution in [0, 0.1) is 0 Å². The van der Waals surface area contributed by atoms with Crippen LogP contribution in [0.2, 0.25) is 0 Å². The van der Waals surface area contributed by atoms with Gasteiger partial charge in [-0.25, -0.2) is 0 Å². The van der Waals surface area contributed by atoms with Gasteiger partial charge in [0.15, 0.2) is 0 Å². The number of morpholine rings is 1. The first-order chi connectivity index (χ1) is 9.84. The van der Waals surface area contributed by atoms with Crippen LogP contribution >= 0.6 is 22.7 Å². The largest absolute Gasteiger partial charge is 0.378 e. The predicted octanol–water partition coefficient (Wildman–Crippen LogP) is 3.21. The highest BCUT2D eigenvalue weighted by molar-refractivity contribution is 7.11. The van der Waals surface area contributed by atoms with Crippen LogP contribution in [-0.2, 0) is 9.53 Å². The monoisotopic (exact) mass is 305 g/mol. The Bertz CT molecular complexity index is 581. The minimum Gasteiger partial charge on any atom is -0.378 e. The summed E-state index contributed by atoms with van der Waals surface area (Å²) in [6, 6.07) is 6.03. The fraction of sp³-hybridized carbons (Fsp3) is 0.267. The molecule has 0 N–H and O–H groups in total. The van der Waals surface area contributed by atoms with Gasteiger partial charge in [-0.15, -0.1) is 11.3 Å². The van der Waals surface area contributed by atoms with E-state index >= 15 is 0 Å². The zero-order chi connectivity index (χ0) is 13.8. The molecule has 5 heteroatoms. The molecule has 2 aromatic heterocycles. The molecule has 0 bridgehead atoms. The second-order valence-corrected chi connectivity index (χ2v) is 6.25. The van der Waals surface area contributed by atoms with Crippen molar-refractivity contribution >= 4 is 40.2 Å². The topological polar surface area (TPSA) is 29.5 Å². The third kappa shape index (κ3) is 3.00. The maximum Gasteiger partial charge on any atom is 0.254 e. The zero-order valence-electron chi connectivity index (χ0n) is 11.0. The number of carbonyl (C=O) groups excluding carboxylic acids is 1. The van der Waals surface area contributed by atoms with Crippen LogP contribution in [0.3, 0.4) is 0 Å². The molecule has 1 amide bonds. The Morgan fingerprint density at radius 2 is 2.10 bits per heavy atom. The Balaban J connectivity index is 1.91. The molecule has 1 fully saturated rings. The van der Waals surface area contributed by atoms with Gasteiger partial charge in [0, 0.05) is 23.5 Å². The second kappa shape index (κ2) is 6.35. The van der Waals surface area contributed by atoms with Crippen molar-refractivity contribution < 1.29 is 9.53 Å². The van der Waals surface area contributed by atoms with Gasteiger partial charge in [0.2, 0.25) is 0 Å². The number of hydrogen-bond donors (Lipinski definition) is 0. The van der Waals surface area contributed by atoms with Crippen molar-refractivity contribution in [3.8, 4) is 0 Å². The first-order valence-electron chi connectivity index (χ1n) is 6.49. The predicted molar refractivity (Wildman–Crippen MR) is 83.9 cm³/mol. The molecule has 3 rings (SSSR count). The van der Waals surface area contributed by atoms with E-state index in [1.54, 1.807) is 22.7 Å². The lowest BCUT2D eigenvalue weighted by atomic mass is 10.1. The van der Waals surface area contributed by atoms with E-state index in [2.05, 4.69) is 0 Å². The van der Waals surface area contributed by atoms with Crippen molar-refractivity contribution in [1.29, 1.82) is 0 Å². The van der Waals surface area contributed by atoms with Crippen molar-refractivity contribution in [3.05, 3.63) is 44.8 Å². The average Bonchev–Trinajstić information content (AvgIpc) is 3.18. The molecule has 0 aliphatic carbocycles. The van der Waals surface area contributed by atoms with Crippen LogP contribution in [0.25, 0.3) is 11.6 Å². The van der Waals surface area contributed by atoms with E-state index in [9.17, 15) is 4.79 Å². The van der Waals surface area contributed by atoms with Gasteiger partial charge < -0.3 is 9.64 Å². The molecule has 2 aromatic rings. The molecule has 3 nitrogen and oxygen atoms in total. The molecule has 0 unspecified atom stereocenters. The summed E-state index contributed by atoms with van der Waals surface area (Å²) in [5.74, 6) is 0.0973. The zero-order valence-corrected chi connectivity index (χ0v) is 12.6. The summed E-state index contributed by atoms with van der Waals surface area (Å²) in [4.78, 5) is 15.7. The summed E-state index contributed by atoms with van der Waals surface area (Å²) in [5.41, 5.74) is 1.77. The lowest BCUT2D eigenvalue weighted by molar-refractivity contribution is -0.128. The van der Waals surface area contributed by atoms with E-state index in [1.807, 2.05) is 45.3 Å². The summed E-state index contributed by atoms with van der Waals surface area (Å²) in [6.07, 6.45) is 1.99. The van der Waals surface area contributed by atoms with E-state index in [0.717, 1.165) is 16.0 Å². The molecule has 0 radical (unpaired) electrons. The Hall–Kier alpha value is -1.43. The van der Waals surface area contributed by atoms with Crippen LogP contribution in [0.4, 0.5) is 0 Å². The molecular formula is C15H15NO2S2. The molecule has 0 aromatic carbocycles. The van der Waals surface area contributed by atoms with Gasteiger partial charge in [-0.3, -0.25) is 4.79 Å². The number of thiophene rings is 2. The molecule has 20 heavy (non-hydrogen) atoms. The van der Waals surface area contributed by atoms with Gasteiger partial charge in [-0.05, 0) is 39.9 Å². The van der Waals surface area contributed by atoms with Gasteiger partial charge in [-0.2, -0.15) is 11.3 Å². The number of rotatable bonds is 3. The lowest BCUT2D eigenvalue weighted by Crippen LogP contribution is -2.41. The van der Waals surface area contributed by atoms with Crippen molar-refractivity contribution in [1.82, 2.24) is 4.90 Å². The number of carbonyl (C=O) groups is 1. The van der Waals surface area contributed by atoms with Crippen molar-refractivity contribution in [2.75, 3.05) is 26.3 Å². The fourth-order valence-electron chi connectivity index (χ4n) is 2.14. The maximum atomic E-state index is 12.7. The molecule has 0 saturated carbocycles. The third-order valence-electron chi connectivity index (χ3n) is 3.19. The Labute approximate surface area is 126 Å². The van der Waals surface area contributed by atoms with Crippen molar-refractivity contribution in [3.63, 3.8) is 0 Å². The van der Waals surface area contributed by atoms with E-state index in [-0.39, 0.29) is 5.91 Å². The van der Waals surface area contributed by atoms with Crippen molar-refractivity contribution in [2.45, 2.75) is 0 Å². The summed E-state index contributed by atoms with van der Waals surface area (Å²) >= 11 is 3.26. The number of ether oxygens (including phenoxy) is 1. The van der Waals surface area contributed by atoms with Crippen LogP contribution in [0.5, 0.6) is 0 Å². The summed E-state index contributed by atoms with van der Waals surface area (Å²) in [5, 5.41) is 6.05. The summed E-state index contributed by atoms with van der Waals surface area (Å²) in [7, 11) is 0. The highest BCUT2D eigenvalue weighted by atomic mass is 32.1. The minimum absolute atomic E-state index is 0.0973. The fourth-order valence-corrected chi connectivity index (χ4v) is 3.45. The molecule has 1 saturated heterocycles. The van der Waals surface area contributed by atoms with Gasteiger partial charge >= 0.3 is 0 Å². The van der Waals surface area contributed by atoms with Gasteiger partial charge in [0.05, 0.1) is 13.2 Å². The van der Waals surface area contributed by atoms with E-state index in [0.29, 0.717) is 26.3 Å². The van der Waals surface area contributed by atoms with Gasteiger partial charge in [0.1, 0.15) is 0 Å². The molecule has 104 valence electrons. The molecule has 0 atom stereocenters. The van der Waals surface area contributed by atoms with Gasteiger partial charge in [-0.1, -0.05) is 6.07 Å². The van der Waals surface area contributed by atoms with Crippen LogP contribution in [0.1, 0.15) is 10.4 Å². The molecular weight excluding hydrogens is 290 g/mol. The maximum absolute atomic E-state index is 12.7. The molecule has 1 aliphatic rings. The van der Waals surface area contributed by atoms with Crippen LogP contribution < -0.4 is 0 Å². The lowest BCUT2D eigenvalue weighted by Gasteiger charge is -2.27. The highest BCUT2D eigenvalue weighted by Crippen LogP contribution is 2.25. The van der Waals surface area contributed by atoms with Crippen molar-refractivity contribution in [2.24, 2.45) is 0 Å². The first-order valence-corrected chi connectivity index (χ1v) is 8.31. The summed E-state index contributed by atoms with van der Waals surface area (Å²) < 4.78 is 5.32. The first kappa shape index (κ1) is 13.5. The average molecular weight is 305 g/mol. The Kier molecular flexibility index (Phi) is 4.30. The smallest absolute Gasteiger partial charge is 0.254 e. The SMILES string of the molecule is O=C(C(=Cc1cccs1)c1ccsc1)N1CCOCC1. The highest BCUT2D eigenvalue weighted by Gasteiger charge is 2.22. The van der Waals surface area contributed by atoms with E-state index < -0.39 is 0 Å². The molecule has 0 spiro atoms. The quantitative estimate of drug-likeness (QED) is 0.815. The standard InChI is InChI=1S/C15H15NO2S2/c17-15(16-4-6-18-7-5-16)14(12-3-9-19-11-12)10-13-2-1-8-20-13/h1-3,8-11H,4-7H2. The molecule has 3 heterocycles. The summed E-state index contributed by atoms with van der Waals surface area (Å²) in [6.45, 7) is 2.60. The van der Waals surface area contributed by atoms with E-state index in [1.165, 1.54) is 0 Å². The van der Waals surface area contributed by atoms with Crippen LogP contribution in [-0.4, -0.2) is 37.1 Å². The minimum atomic E-state index is 0.0973. The number of nitrogens with zero attached hydrogens (tertiary/aromatic N) is 1. The number of amides is 1. The second-order valence-electron chi connectivity index (χ2n) is 4.49. The van der Waals surface area contributed by atoms with Crippen LogP contribution in [0.15, 0.2) is 34.3 Å². The molecule has 1 aliphatic heterocycles.